The Hall–Kier alpha value is -1.33. The maximum Gasteiger partial charge on any atom is 0.191 e. The lowest BCUT2D eigenvalue weighted by molar-refractivity contribution is 0.266. The van der Waals surface area contributed by atoms with Gasteiger partial charge >= 0.3 is 0 Å². The van der Waals surface area contributed by atoms with Gasteiger partial charge in [-0.05, 0) is 25.3 Å². The lowest BCUT2D eigenvalue weighted by atomic mass is 10.1. The van der Waals surface area contributed by atoms with E-state index >= 15 is 0 Å². The van der Waals surface area contributed by atoms with Gasteiger partial charge in [-0.3, -0.25) is 0 Å². The molecule has 0 unspecified atom stereocenters. The number of aliphatic hydroxyl groups excluding tert-OH is 1. The first-order chi connectivity index (χ1) is 9.20. The van der Waals surface area contributed by atoms with Gasteiger partial charge in [-0.1, -0.05) is 41.6 Å². The van der Waals surface area contributed by atoms with Gasteiger partial charge in [-0.2, -0.15) is 0 Å². The molecule has 2 aromatic rings. The Morgan fingerprint density at radius 2 is 2.16 bits per heavy atom. The minimum Gasteiger partial charge on any atom is -0.388 e. The molecular formula is C14H19N3OS. The van der Waals surface area contributed by atoms with Crippen LogP contribution in [0.1, 0.15) is 23.4 Å². The van der Waals surface area contributed by atoms with Gasteiger partial charge in [-0.25, -0.2) is 0 Å². The van der Waals surface area contributed by atoms with E-state index in [4.69, 9.17) is 5.11 Å². The summed E-state index contributed by atoms with van der Waals surface area (Å²) in [6.45, 7) is 2.06. The van der Waals surface area contributed by atoms with Crippen LogP contribution in [0.5, 0.6) is 0 Å². The maximum atomic E-state index is 9.05. The summed E-state index contributed by atoms with van der Waals surface area (Å²) in [5.74, 6) is 1.62. The molecule has 0 spiro atoms. The number of hydrogen-bond acceptors (Lipinski definition) is 4. The van der Waals surface area contributed by atoms with E-state index in [-0.39, 0.29) is 6.61 Å². The fourth-order valence-electron chi connectivity index (χ4n) is 1.92. The molecule has 0 aliphatic rings. The standard InChI is InChI=1S/C14H19N3OS/c1-11-5-3-6-12(9-11)7-4-8-19-14-16-15-13(10-18)17(14)2/h3,5-6,9,18H,4,7-8,10H2,1-2H3. The van der Waals surface area contributed by atoms with Gasteiger partial charge in [0.25, 0.3) is 0 Å². The molecular weight excluding hydrogens is 258 g/mol. The number of aromatic nitrogens is 3. The van der Waals surface area contributed by atoms with Gasteiger partial charge in [-0.15, -0.1) is 10.2 Å². The molecule has 2 rings (SSSR count). The quantitative estimate of drug-likeness (QED) is 0.650. The Labute approximate surface area is 117 Å². The molecule has 0 bridgehead atoms. The molecule has 102 valence electrons. The topological polar surface area (TPSA) is 50.9 Å². The molecule has 5 heteroatoms. The van der Waals surface area contributed by atoms with E-state index in [1.54, 1.807) is 11.8 Å². The molecule has 0 amide bonds. The molecule has 0 saturated heterocycles. The van der Waals surface area contributed by atoms with Gasteiger partial charge < -0.3 is 9.67 Å². The van der Waals surface area contributed by atoms with Crippen molar-refractivity contribution in [2.24, 2.45) is 7.05 Å². The van der Waals surface area contributed by atoms with E-state index in [9.17, 15) is 0 Å². The molecule has 1 aromatic heterocycles. The van der Waals surface area contributed by atoms with Crippen LogP contribution < -0.4 is 0 Å². The first-order valence-electron chi connectivity index (χ1n) is 6.38. The summed E-state index contributed by atoms with van der Waals surface area (Å²) in [4.78, 5) is 0. The van der Waals surface area contributed by atoms with Crippen molar-refractivity contribution in [3.05, 3.63) is 41.2 Å². The average molecular weight is 277 g/mol. The van der Waals surface area contributed by atoms with E-state index in [1.165, 1.54) is 11.1 Å². The van der Waals surface area contributed by atoms with Gasteiger partial charge in [0.2, 0.25) is 0 Å². The fraction of sp³-hybridized carbons (Fsp3) is 0.429. The lowest BCUT2D eigenvalue weighted by Crippen LogP contribution is -1.99. The summed E-state index contributed by atoms with van der Waals surface area (Å²) in [5.41, 5.74) is 2.70. The Kier molecular flexibility index (Phi) is 4.99. The third kappa shape index (κ3) is 3.81. The monoisotopic (exact) mass is 277 g/mol. The van der Waals surface area contributed by atoms with Crippen molar-refractivity contribution in [3.8, 4) is 0 Å². The van der Waals surface area contributed by atoms with Gasteiger partial charge in [0, 0.05) is 12.8 Å². The van der Waals surface area contributed by atoms with Crippen molar-refractivity contribution in [1.29, 1.82) is 0 Å². The summed E-state index contributed by atoms with van der Waals surface area (Å²) in [6.07, 6.45) is 2.19. The first kappa shape index (κ1) is 14.1. The number of hydrogen-bond donors (Lipinski definition) is 1. The van der Waals surface area contributed by atoms with Crippen LogP contribution >= 0.6 is 11.8 Å². The molecule has 19 heavy (non-hydrogen) atoms. The highest BCUT2D eigenvalue weighted by Gasteiger charge is 2.07. The molecule has 0 saturated carbocycles. The zero-order valence-electron chi connectivity index (χ0n) is 11.3. The van der Waals surface area contributed by atoms with Crippen LogP contribution in [0.4, 0.5) is 0 Å². The van der Waals surface area contributed by atoms with Crippen molar-refractivity contribution >= 4 is 11.8 Å². The molecule has 0 fully saturated rings. The summed E-state index contributed by atoms with van der Waals surface area (Å²) in [6, 6.07) is 8.63. The minimum absolute atomic E-state index is 0.0622. The predicted molar refractivity (Wildman–Crippen MR) is 77.1 cm³/mol. The van der Waals surface area contributed by atoms with Crippen LogP contribution in [0.25, 0.3) is 0 Å². The Morgan fingerprint density at radius 3 is 2.84 bits per heavy atom. The van der Waals surface area contributed by atoms with Crippen molar-refractivity contribution in [2.45, 2.75) is 31.5 Å². The Balaban J connectivity index is 1.79. The van der Waals surface area contributed by atoms with Crippen LogP contribution in [0.3, 0.4) is 0 Å². The molecule has 4 nitrogen and oxygen atoms in total. The molecule has 1 heterocycles. The zero-order valence-corrected chi connectivity index (χ0v) is 12.2. The summed E-state index contributed by atoms with van der Waals surface area (Å²) in [7, 11) is 1.88. The molecule has 0 aliphatic carbocycles. The van der Waals surface area contributed by atoms with Crippen LogP contribution in [0.2, 0.25) is 0 Å². The smallest absolute Gasteiger partial charge is 0.191 e. The first-order valence-corrected chi connectivity index (χ1v) is 7.36. The third-order valence-corrected chi connectivity index (χ3v) is 4.10. The largest absolute Gasteiger partial charge is 0.388 e. The molecule has 0 aliphatic heterocycles. The van der Waals surface area contributed by atoms with Crippen LogP contribution in [0.15, 0.2) is 29.4 Å². The number of rotatable bonds is 6. The highest BCUT2D eigenvalue weighted by atomic mass is 32.2. The second kappa shape index (κ2) is 6.73. The summed E-state index contributed by atoms with van der Waals surface area (Å²) >= 11 is 1.68. The van der Waals surface area contributed by atoms with Crippen molar-refractivity contribution in [2.75, 3.05) is 5.75 Å². The third-order valence-electron chi connectivity index (χ3n) is 2.99. The van der Waals surface area contributed by atoms with E-state index in [1.807, 2.05) is 11.6 Å². The zero-order chi connectivity index (χ0) is 13.7. The molecule has 0 atom stereocenters. The van der Waals surface area contributed by atoms with E-state index < -0.39 is 0 Å². The number of aryl methyl sites for hydroxylation is 2. The fourth-order valence-corrected chi connectivity index (χ4v) is 2.78. The second-order valence-electron chi connectivity index (χ2n) is 4.56. The summed E-state index contributed by atoms with van der Waals surface area (Å²) < 4.78 is 1.84. The highest BCUT2D eigenvalue weighted by molar-refractivity contribution is 7.99. The van der Waals surface area contributed by atoms with E-state index in [0.717, 1.165) is 23.8 Å². The SMILES string of the molecule is Cc1cccc(CCCSc2nnc(CO)n2C)c1. The normalized spacial score (nSPS) is 10.9. The Bertz CT molecular complexity index is 539. The van der Waals surface area contributed by atoms with E-state index in [2.05, 4.69) is 41.4 Å². The van der Waals surface area contributed by atoms with Crippen LogP contribution in [0, 0.1) is 6.92 Å². The van der Waals surface area contributed by atoms with Crippen molar-refractivity contribution in [3.63, 3.8) is 0 Å². The van der Waals surface area contributed by atoms with E-state index in [0.29, 0.717) is 5.82 Å². The van der Waals surface area contributed by atoms with Gasteiger partial charge in [0.05, 0.1) is 0 Å². The lowest BCUT2D eigenvalue weighted by Gasteiger charge is -2.03. The minimum atomic E-state index is -0.0622. The van der Waals surface area contributed by atoms with Crippen LogP contribution in [-0.4, -0.2) is 25.6 Å². The predicted octanol–water partition coefficient (Wildman–Crippen LogP) is 2.34. The maximum absolute atomic E-state index is 9.05. The molecule has 1 N–H and O–H groups in total. The number of nitrogens with zero attached hydrogens (tertiary/aromatic N) is 3. The number of thioether (sulfide) groups is 1. The molecule has 1 aromatic carbocycles. The van der Waals surface area contributed by atoms with Crippen LogP contribution in [-0.2, 0) is 20.1 Å². The van der Waals surface area contributed by atoms with Crippen molar-refractivity contribution in [1.82, 2.24) is 14.8 Å². The number of benzene rings is 1. The van der Waals surface area contributed by atoms with Gasteiger partial charge in [0.15, 0.2) is 11.0 Å². The molecule has 0 radical (unpaired) electrons. The second-order valence-corrected chi connectivity index (χ2v) is 5.62. The average Bonchev–Trinajstić information content (AvgIpc) is 2.76. The Morgan fingerprint density at radius 1 is 1.32 bits per heavy atom. The van der Waals surface area contributed by atoms with Crippen molar-refractivity contribution < 1.29 is 5.11 Å². The summed E-state index contributed by atoms with van der Waals surface area (Å²) in [5, 5.41) is 17.9. The number of aliphatic hydroxyl groups is 1. The highest BCUT2D eigenvalue weighted by Crippen LogP contribution is 2.18. The van der Waals surface area contributed by atoms with Gasteiger partial charge in [0.1, 0.15) is 6.61 Å².